The van der Waals surface area contributed by atoms with Crippen molar-refractivity contribution in [1.29, 1.82) is 0 Å². The fourth-order valence-corrected chi connectivity index (χ4v) is 1.93. The summed E-state index contributed by atoms with van der Waals surface area (Å²) in [5, 5.41) is 6.49. The number of aryl methyl sites for hydroxylation is 2. The summed E-state index contributed by atoms with van der Waals surface area (Å²) in [5.41, 5.74) is 6.16. The Labute approximate surface area is 132 Å². The molecule has 0 radical (unpaired) electrons. The van der Waals surface area contributed by atoms with Gasteiger partial charge >= 0.3 is 0 Å². The van der Waals surface area contributed by atoms with Crippen molar-refractivity contribution in [3.8, 4) is 0 Å². The van der Waals surface area contributed by atoms with Crippen molar-refractivity contribution in [2.45, 2.75) is 13.8 Å². The molecule has 0 saturated heterocycles. The van der Waals surface area contributed by atoms with Crippen LogP contribution < -0.4 is 10.6 Å². The predicted octanol–water partition coefficient (Wildman–Crippen LogP) is 5.41. The van der Waals surface area contributed by atoms with Crippen molar-refractivity contribution >= 4 is 11.4 Å². The van der Waals surface area contributed by atoms with Crippen LogP contribution in [0.4, 0.5) is 11.4 Å². The van der Waals surface area contributed by atoms with Crippen LogP contribution in [0.15, 0.2) is 85.2 Å². The van der Waals surface area contributed by atoms with E-state index >= 15 is 0 Å². The smallest absolute Gasteiger partial charge is 0.0384 e. The number of hydrogen-bond acceptors (Lipinski definition) is 2. The third-order valence-corrected chi connectivity index (χ3v) is 3.20. The summed E-state index contributed by atoms with van der Waals surface area (Å²) in [5.74, 6) is 0. The highest BCUT2D eigenvalue weighted by molar-refractivity contribution is 5.53. The van der Waals surface area contributed by atoms with Crippen molar-refractivity contribution in [2.24, 2.45) is 0 Å². The van der Waals surface area contributed by atoms with Crippen molar-refractivity contribution in [3.63, 3.8) is 0 Å². The van der Waals surface area contributed by atoms with Crippen LogP contribution in [-0.4, -0.2) is 0 Å². The molecule has 2 rings (SSSR count). The zero-order chi connectivity index (χ0) is 15.9. The monoisotopic (exact) mass is 290 g/mol. The van der Waals surface area contributed by atoms with Gasteiger partial charge < -0.3 is 10.6 Å². The second kappa shape index (κ2) is 7.32. The average Bonchev–Trinajstić information content (AvgIpc) is 2.50. The molecule has 2 aromatic rings. The van der Waals surface area contributed by atoms with E-state index in [1.165, 1.54) is 11.1 Å². The van der Waals surface area contributed by atoms with Crippen LogP contribution in [0.1, 0.15) is 11.1 Å². The Bertz CT molecular complexity index is 615. The molecule has 2 nitrogen and oxygen atoms in total. The van der Waals surface area contributed by atoms with Crippen molar-refractivity contribution < 1.29 is 0 Å². The van der Waals surface area contributed by atoms with Gasteiger partial charge in [-0.3, -0.25) is 0 Å². The molecule has 0 fully saturated rings. The van der Waals surface area contributed by atoms with Gasteiger partial charge in [0.05, 0.1) is 0 Å². The number of rotatable bonds is 6. The first-order chi connectivity index (χ1) is 10.5. The molecule has 2 N–H and O–H groups in total. The number of nitrogens with one attached hydrogen (secondary N) is 2. The van der Waals surface area contributed by atoms with Gasteiger partial charge in [-0.2, -0.15) is 0 Å². The summed E-state index contributed by atoms with van der Waals surface area (Å²) in [7, 11) is 0. The molecule has 0 aliphatic carbocycles. The molecule has 22 heavy (non-hydrogen) atoms. The molecule has 2 heteroatoms. The van der Waals surface area contributed by atoms with Crippen LogP contribution in [0.3, 0.4) is 0 Å². The highest BCUT2D eigenvalue weighted by Crippen LogP contribution is 2.13. The van der Waals surface area contributed by atoms with Gasteiger partial charge in [-0.25, -0.2) is 0 Å². The molecule has 0 saturated carbocycles. The maximum absolute atomic E-state index is 4.00. The highest BCUT2D eigenvalue weighted by Gasteiger charge is 1.94. The van der Waals surface area contributed by atoms with Crippen molar-refractivity contribution in [3.05, 3.63) is 96.4 Å². The van der Waals surface area contributed by atoms with Gasteiger partial charge in [-0.15, -0.1) is 0 Å². The van der Waals surface area contributed by atoms with E-state index in [9.17, 15) is 0 Å². The summed E-state index contributed by atoms with van der Waals surface area (Å²) < 4.78 is 0. The van der Waals surface area contributed by atoms with E-state index in [-0.39, 0.29) is 0 Å². The van der Waals surface area contributed by atoms with E-state index in [0.29, 0.717) is 0 Å². The molecule has 0 aliphatic rings. The fourth-order valence-electron chi connectivity index (χ4n) is 1.93. The summed E-state index contributed by atoms with van der Waals surface area (Å²) in [6, 6.07) is 16.4. The van der Waals surface area contributed by atoms with Crippen LogP contribution in [0, 0.1) is 13.8 Å². The molecule has 0 spiro atoms. The highest BCUT2D eigenvalue weighted by atomic mass is 14.9. The Balaban J connectivity index is 1.87. The Kier molecular flexibility index (Phi) is 5.21. The quantitative estimate of drug-likeness (QED) is 0.695. The lowest BCUT2D eigenvalue weighted by atomic mass is 10.2. The van der Waals surface area contributed by atoms with Gasteiger partial charge in [0.25, 0.3) is 0 Å². The largest absolute Gasteiger partial charge is 0.356 e. The van der Waals surface area contributed by atoms with E-state index in [4.69, 9.17) is 0 Å². The molecule has 0 amide bonds. The molecule has 2 aromatic carbocycles. The zero-order valence-electron chi connectivity index (χ0n) is 13.2. The second-order valence-electron chi connectivity index (χ2n) is 5.37. The van der Waals surface area contributed by atoms with Crippen LogP contribution in [0.2, 0.25) is 0 Å². The Morgan fingerprint density at radius 3 is 1.32 bits per heavy atom. The lowest BCUT2D eigenvalue weighted by Gasteiger charge is -2.08. The standard InChI is InChI=1S/C20H22N2/c1-15-5-11-19(12-6-15)21-17(3)9-10-18(4)22-20-13-7-16(2)8-14-20/h5-14,21-22H,3-4H2,1-2H3/b10-9-. The Hall–Kier alpha value is -2.74. The third kappa shape index (κ3) is 4.98. The normalized spacial score (nSPS) is 10.5. The van der Waals surface area contributed by atoms with Gasteiger partial charge in [-0.1, -0.05) is 48.6 Å². The third-order valence-electron chi connectivity index (χ3n) is 3.20. The topological polar surface area (TPSA) is 24.1 Å². The van der Waals surface area contributed by atoms with Crippen molar-refractivity contribution in [1.82, 2.24) is 0 Å². The van der Waals surface area contributed by atoms with Gasteiger partial charge in [-0.05, 0) is 50.3 Å². The van der Waals surface area contributed by atoms with Crippen LogP contribution in [0.5, 0.6) is 0 Å². The first-order valence-electron chi connectivity index (χ1n) is 7.26. The minimum atomic E-state index is 0.815. The molecule has 0 bridgehead atoms. The van der Waals surface area contributed by atoms with E-state index < -0.39 is 0 Å². The minimum absolute atomic E-state index is 0.815. The maximum Gasteiger partial charge on any atom is 0.0384 e. The molecular weight excluding hydrogens is 268 g/mol. The first-order valence-corrected chi connectivity index (χ1v) is 7.26. The molecular formula is C20H22N2. The lowest BCUT2D eigenvalue weighted by Crippen LogP contribution is -1.97. The van der Waals surface area contributed by atoms with E-state index in [2.05, 4.69) is 61.9 Å². The fraction of sp³-hybridized carbons (Fsp3) is 0.100. The predicted molar refractivity (Wildman–Crippen MR) is 97.0 cm³/mol. The van der Waals surface area contributed by atoms with E-state index in [1.807, 2.05) is 36.4 Å². The van der Waals surface area contributed by atoms with E-state index in [0.717, 1.165) is 22.8 Å². The zero-order valence-corrected chi connectivity index (χ0v) is 13.2. The summed E-state index contributed by atoms with van der Waals surface area (Å²) in [6.45, 7) is 12.1. The SMILES string of the molecule is C=C(/C=C\C(=C)Nc1ccc(C)cc1)Nc1ccc(C)cc1. The summed E-state index contributed by atoms with van der Waals surface area (Å²) >= 11 is 0. The van der Waals surface area contributed by atoms with Gasteiger partial charge in [0.1, 0.15) is 0 Å². The van der Waals surface area contributed by atoms with Gasteiger partial charge in [0, 0.05) is 22.8 Å². The molecule has 0 atom stereocenters. The lowest BCUT2D eigenvalue weighted by molar-refractivity contribution is 1.41. The summed E-state index contributed by atoms with van der Waals surface area (Å²) in [6.07, 6.45) is 3.81. The Morgan fingerprint density at radius 2 is 1.00 bits per heavy atom. The van der Waals surface area contributed by atoms with E-state index in [1.54, 1.807) is 0 Å². The number of hydrogen-bond donors (Lipinski definition) is 2. The molecule has 0 unspecified atom stereocenters. The molecule has 112 valence electrons. The van der Waals surface area contributed by atoms with Crippen LogP contribution in [-0.2, 0) is 0 Å². The maximum atomic E-state index is 4.00. The minimum Gasteiger partial charge on any atom is -0.356 e. The van der Waals surface area contributed by atoms with Crippen LogP contribution in [0.25, 0.3) is 0 Å². The first kappa shape index (κ1) is 15.6. The molecule has 0 aliphatic heterocycles. The number of benzene rings is 2. The van der Waals surface area contributed by atoms with Gasteiger partial charge in [0.2, 0.25) is 0 Å². The second-order valence-corrected chi connectivity index (χ2v) is 5.37. The van der Waals surface area contributed by atoms with Gasteiger partial charge in [0.15, 0.2) is 0 Å². The average molecular weight is 290 g/mol. The Morgan fingerprint density at radius 1 is 0.682 bits per heavy atom. The molecule has 0 heterocycles. The molecule has 0 aromatic heterocycles. The number of allylic oxidation sites excluding steroid dienone is 2. The number of anilines is 2. The van der Waals surface area contributed by atoms with Crippen molar-refractivity contribution in [2.75, 3.05) is 10.6 Å². The van der Waals surface area contributed by atoms with Crippen LogP contribution >= 0.6 is 0 Å². The summed E-state index contributed by atoms with van der Waals surface area (Å²) in [4.78, 5) is 0.